The van der Waals surface area contributed by atoms with Crippen molar-refractivity contribution in [2.75, 3.05) is 0 Å². The summed E-state index contributed by atoms with van der Waals surface area (Å²) >= 11 is 0. The van der Waals surface area contributed by atoms with Crippen LogP contribution < -0.4 is 0 Å². The summed E-state index contributed by atoms with van der Waals surface area (Å²) in [5.41, 5.74) is 8.63. The van der Waals surface area contributed by atoms with E-state index in [1.807, 2.05) is 72.8 Å². The van der Waals surface area contributed by atoms with Crippen molar-refractivity contribution in [3.63, 3.8) is 0 Å². The first-order valence-electron chi connectivity index (χ1n) is 14.8. The van der Waals surface area contributed by atoms with Gasteiger partial charge in [-0.2, -0.15) is 15.8 Å². The van der Waals surface area contributed by atoms with Gasteiger partial charge >= 0.3 is 0 Å². The van der Waals surface area contributed by atoms with Crippen LogP contribution in [-0.4, -0.2) is 14.1 Å². The first-order chi connectivity index (χ1) is 23.6. The van der Waals surface area contributed by atoms with Crippen LogP contribution in [0.5, 0.6) is 0 Å². The van der Waals surface area contributed by atoms with Gasteiger partial charge < -0.3 is 9.13 Å². The van der Waals surface area contributed by atoms with E-state index in [0.29, 0.717) is 39.3 Å². The van der Waals surface area contributed by atoms with Crippen LogP contribution in [-0.2, 0) is 0 Å². The van der Waals surface area contributed by atoms with Crippen LogP contribution in [0.4, 0.5) is 11.4 Å². The molecule has 0 bridgehead atoms. The van der Waals surface area contributed by atoms with Gasteiger partial charge in [-0.15, -0.1) is 0 Å². The van der Waals surface area contributed by atoms with Crippen molar-refractivity contribution in [1.29, 1.82) is 15.8 Å². The van der Waals surface area contributed by atoms with Gasteiger partial charge in [0, 0.05) is 28.6 Å². The molecule has 0 saturated heterocycles. The second kappa shape index (κ2) is 10.7. The lowest BCUT2D eigenvalue weighted by Crippen LogP contribution is -2.04. The van der Waals surface area contributed by atoms with Crippen LogP contribution in [0.1, 0.15) is 16.7 Å². The second-order valence-corrected chi connectivity index (χ2v) is 11.2. The first-order valence-corrected chi connectivity index (χ1v) is 14.8. The lowest BCUT2D eigenvalue weighted by molar-refractivity contribution is 1.10. The second-order valence-electron chi connectivity index (χ2n) is 11.2. The minimum atomic E-state index is 0.431. The van der Waals surface area contributed by atoms with Crippen LogP contribution in [0.15, 0.2) is 109 Å². The average molecular weight is 611 g/mol. The maximum absolute atomic E-state index is 9.77. The molecule has 0 aliphatic rings. The fourth-order valence-corrected chi connectivity index (χ4v) is 6.61. The highest BCUT2D eigenvalue weighted by Crippen LogP contribution is 2.43. The van der Waals surface area contributed by atoms with E-state index < -0.39 is 0 Å². The first kappa shape index (κ1) is 27.8. The molecule has 3 heterocycles. The van der Waals surface area contributed by atoms with E-state index in [4.69, 9.17) is 13.1 Å². The Hall–Kier alpha value is -7.70. The molecule has 0 amide bonds. The highest BCUT2D eigenvalue weighted by molar-refractivity contribution is 6.13. The summed E-state index contributed by atoms with van der Waals surface area (Å²) in [5.74, 6) is 0. The Bertz CT molecular complexity index is 2750. The summed E-state index contributed by atoms with van der Waals surface area (Å²) in [4.78, 5) is 11.8. The molecule has 5 aromatic carbocycles. The summed E-state index contributed by atoms with van der Waals surface area (Å²) in [6, 6.07) is 36.4. The summed E-state index contributed by atoms with van der Waals surface area (Å²) in [7, 11) is 0. The lowest BCUT2D eigenvalue weighted by atomic mass is 10.0. The van der Waals surface area contributed by atoms with Gasteiger partial charge in [-0.1, -0.05) is 6.07 Å². The van der Waals surface area contributed by atoms with Gasteiger partial charge in [0.15, 0.2) is 11.4 Å². The van der Waals surface area contributed by atoms with E-state index in [1.54, 1.807) is 36.7 Å². The molecule has 0 radical (unpaired) electrons. The third-order valence-corrected chi connectivity index (χ3v) is 8.72. The number of benzene rings is 5. The molecule has 218 valence electrons. The Labute approximate surface area is 274 Å². The number of pyridine rings is 1. The van der Waals surface area contributed by atoms with Gasteiger partial charge in [0.1, 0.15) is 0 Å². The van der Waals surface area contributed by atoms with Crippen LogP contribution in [0.2, 0.25) is 0 Å². The molecule has 0 spiro atoms. The Kier molecular flexibility index (Phi) is 6.22. The maximum atomic E-state index is 9.77. The molecule has 0 N–H and O–H groups in total. The van der Waals surface area contributed by atoms with E-state index in [1.165, 1.54) is 0 Å². The fraction of sp³-hybridized carbons (Fsp3) is 0. The number of nitrogens with zero attached hydrogens (tertiary/aromatic N) is 8. The zero-order valence-corrected chi connectivity index (χ0v) is 25.0. The Morgan fingerprint density at radius 3 is 1.44 bits per heavy atom. The van der Waals surface area contributed by atoms with E-state index in [9.17, 15) is 15.8 Å². The molecule has 0 aliphatic heterocycles. The molecule has 0 saturated carbocycles. The van der Waals surface area contributed by atoms with Crippen molar-refractivity contribution >= 4 is 55.0 Å². The highest BCUT2D eigenvalue weighted by atomic mass is 15.1. The van der Waals surface area contributed by atoms with Gasteiger partial charge in [0.2, 0.25) is 0 Å². The molecule has 8 aromatic rings. The van der Waals surface area contributed by atoms with Gasteiger partial charge in [0.05, 0.1) is 81.5 Å². The van der Waals surface area contributed by atoms with E-state index in [2.05, 4.69) is 42.0 Å². The van der Waals surface area contributed by atoms with Crippen LogP contribution >= 0.6 is 0 Å². The number of hydrogen-bond acceptors (Lipinski definition) is 4. The largest absolute Gasteiger partial charge is 0.309 e. The van der Waals surface area contributed by atoms with Crippen molar-refractivity contribution in [2.45, 2.75) is 0 Å². The summed E-state index contributed by atoms with van der Waals surface area (Å²) < 4.78 is 4.18. The van der Waals surface area contributed by atoms with E-state index >= 15 is 0 Å². The molecule has 3 aromatic heterocycles. The van der Waals surface area contributed by atoms with Gasteiger partial charge in [-0.25, -0.2) is 9.69 Å². The minimum Gasteiger partial charge on any atom is -0.309 e. The molecule has 48 heavy (non-hydrogen) atoms. The SMILES string of the molecule is [C-]#[N+]c1ccc2c(c1)c1cc(C#N)ccc1n2-c1cc([N+]#[C-])c(-c2ccncc2)cc1-n1c2ccc(C#N)cc2c2cc(C#N)ccc21. The zero-order chi connectivity index (χ0) is 32.9. The van der Waals surface area contributed by atoms with Gasteiger partial charge in [-0.3, -0.25) is 4.98 Å². The average Bonchev–Trinajstić information content (AvgIpc) is 3.65. The minimum absolute atomic E-state index is 0.431. The third kappa shape index (κ3) is 4.08. The number of hydrogen-bond donors (Lipinski definition) is 0. The van der Waals surface area contributed by atoms with Crippen molar-refractivity contribution in [3.05, 3.63) is 149 Å². The lowest BCUT2D eigenvalue weighted by Gasteiger charge is -2.19. The van der Waals surface area contributed by atoms with Crippen molar-refractivity contribution in [2.24, 2.45) is 0 Å². The molecule has 0 atom stereocenters. The number of fused-ring (bicyclic) bond motifs is 6. The van der Waals surface area contributed by atoms with Crippen molar-refractivity contribution in [3.8, 4) is 40.7 Å². The Morgan fingerprint density at radius 2 is 0.979 bits per heavy atom. The summed E-state index contributed by atoms with van der Waals surface area (Å²) in [6.07, 6.45) is 3.39. The number of aromatic nitrogens is 3. The molecular weight excluding hydrogens is 592 g/mol. The highest BCUT2D eigenvalue weighted by Gasteiger charge is 2.23. The topological polar surface area (TPSA) is 103 Å². The molecule has 8 heteroatoms. The van der Waals surface area contributed by atoms with Crippen LogP contribution in [0.25, 0.3) is 75.8 Å². The molecule has 8 rings (SSSR count). The number of nitriles is 3. The monoisotopic (exact) mass is 610 g/mol. The Morgan fingerprint density at radius 1 is 0.521 bits per heavy atom. The molecule has 8 nitrogen and oxygen atoms in total. The van der Waals surface area contributed by atoms with Crippen molar-refractivity contribution in [1.82, 2.24) is 14.1 Å². The summed E-state index contributed by atoms with van der Waals surface area (Å²) in [6.45, 7) is 15.9. The predicted molar refractivity (Wildman–Crippen MR) is 185 cm³/mol. The molecular formula is C40H18N8. The number of rotatable bonds is 3. The van der Waals surface area contributed by atoms with Gasteiger partial charge in [0.25, 0.3) is 0 Å². The molecule has 0 aliphatic carbocycles. The molecule has 0 unspecified atom stereocenters. The fourth-order valence-electron chi connectivity index (χ4n) is 6.61. The summed E-state index contributed by atoms with van der Waals surface area (Å²) in [5, 5.41) is 32.6. The smallest absolute Gasteiger partial charge is 0.197 e. The van der Waals surface area contributed by atoms with Crippen LogP contribution in [0.3, 0.4) is 0 Å². The van der Waals surface area contributed by atoms with Gasteiger partial charge in [-0.05, 0) is 108 Å². The van der Waals surface area contributed by atoms with Crippen LogP contribution in [0, 0.1) is 47.1 Å². The van der Waals surface area contributed by atoms with Crippen molar-refractivity contribution < 1.29 is 0 Å². The standard InChI is InChI=1S/C40H18N8/c1-44-28-6-10-38-33(18-28)32-17-26(23-43)5-9-37(32)48(38)40-20-34(45-2)29(27-11-13-46-14-12-27)19-39(40)47-35-7-3-24(21-41)15-30(35)31-16-25(22-42)4-8-36(31)47/h3-20H. The van der Waals surface area contributed by atoms with E-state index in [-0.39, 0.29) is 0 Å². The normalized spacial score (nSPS) is 10.8. The zero-order valence-electron chi connectivity index (χ0n) is 25.0. The third-order valence-electron chi connectivity index (χ3n) is 8.72. The Balaban J connectivity index is 1.59. The van der Waals surface area contributed by atoms with E-state index in [0.717, 1.165) is 54.9 Å². The molecule has 0 fully saturated rings. The quantitative estimate of drug-likeness (QED) is 0.186. The maximum Gasteiger partial charge on any atom is 0.197 e. The predicted octanol–water partition coefficient (Wildman–Crippen LogP) is 9.66.